The minimum atomic E-state index is -0.0168. The smallest absolute Gasteiger partial charge is 0.293 e. The van der Waals surface area contributed by atoms with Gasteiger partial charge in [-0.1, -0.05) is 0 Å². The van der Waals surface area contributed by atoms with Gasteiger partial charge in [0.1, 0.15) is 0 Å². The molecule has 1 heterocycles. The average molecular weight is 179 g/mol. The summed E-state index contributed by atoms with van der Waals surface area (Å²) in [4.78, 5) is 15.6. The van der Waals surface area contributed by atoms with E-state index in [-0.39, 0.29) is 5.56 Å². The zero-order valence-corrected chi connectivity index (χ0v) is 7.66. The molecule has 1 aromatic rings. The second-order valence-corrected chi connectivity index (χ2v) is 3.29. The molecule has 1 fully saturated rings. The highest BCUT2D eigenvalue weighted by Gasteiger charge is 2.22. The van der Waals surface area contributed by atoms with Gasteiger partial charge in [0.05, 0.1) is 0 Å². The third-order valence-electron chi connectivity index (χ3n) is 2.17. The van der Waals surface area contributed by atoms with Crippen LogP contribution in [0.3, 0.4) is 0 Å². The molecule has 4 nitrogen and oxygen atoms in total. The van der Waals surface area contributed by atoms with E-state index >= 15 is 0 Å². The Kier molecular flexibility index (Phi) is 2.04. The van der Waals surface area contributed by atoms with Gasteiger partial charge in [-0.25, -0.2) is 4.98 Å². The number of nitrogens with zero attached hydrogens (tertiary/aromatic N) is 2. The number of aromatic nitrogens is 2. The molecule has 0 atom stereocenters. The maximum absolute atomic E-state index is 11.6. The fourth-order valence-electron chi connectivity index (χ4n) is 1.22. The van der Waals surface area contributed by atoms with Crippen molar-refractivity contribution in [3.63, 3.8) is 0 Å². The minimum Gasteiger partial charge on any atom is -0.363 e. The minimum absolute atomic E-state index is 0.0168. The molecule has 1 saturated carbocycles. The van der Waals surface area contributed by atoms with E-state index < -0.39 is 0 Å². The summed E-state index contributed by atoms with van der Waals surface area (Å²) in [5, 5.41) is 3.11. The van der Waals surface area contributed by atoms with Crippen molar-refractivity contribution in [1.29, 1.82) is 0 Å². The van der Waals surface area contributed by atoms with Crippen LogP contribution < -0.4 is 10.9 Å². The van der Waals surface area contributed by atoms with Gasteiger partial charge in [0.25, 0.3) is 5.56 Å². The Balaban J connectivity index is 2.28. The largest absolute Gasteiger partial charge is 0.363 e. The summed E-state index contributed by atoms with van der Waals surface area (Å²) in [5.74, 6) is 0.492. The summed E-state index contributed by atoms with van der Waals surface area (Å²) in [6.07, 6.45) is 5.68. The van der Waals surface area contributed by atoms with Crippen LogP contribution in [0.5, 0.6) is 0 Å². The van der Waals surface area contributed by atoms with Gasteiger partial charge >= 0.3 is 0 Å². The van der Waals surface area contributed by atoms with Crippen LogP contribution in [0.25, 0.3) is 0 Å². The Morgan fingerprint density at radius 3 is 3.08 bits per heavy atom. The first-order valence-corrected chi connectivity index (χ1v) is 4.63. The first-order chi connectivity index (χ1) is 6.31. The quantitative estimate of drug-likeness (QED) is 0.747. The maximum Gasteiger partial charge on any atom is 0.293 e. The molecule has 13 heavy (non-hydrogen) atoms. The topological polar surface area (TPSA) is 46.9 Å². The van der Waals surface area contributed by atoms with Crippen molar-refractivity contribution in [3.8, 4) is 0 Å². The summed E-state index contributed by atoms with van der Waals surface area (Å²) in [6.45, 7) is 2.64. The van der Waals surface area contributed by atoms with Crippen molar-refractivity contribution in [2.45, 2.75) is 32.4 Å². The molecule has 0 bridgehead atoms. The Labute approximate surface area is 76.6 Å². The number of rotatable bonds is 3. The fraction of sp³-hybridized carbons (Fsp3) is 0.556. The molecule has 2 rings (SSSR count). The van der Waals surface area contributed by atoms with Crippen LogP contribution in [0, 0.1) is 0 Å². The summed E-state index contributed by atoms with van der Waals surface area (Å²) < 4.78 is 1.65. The molecule has 4 heteroatoms. The van der Waals surface area contributed by atoms with Crippen LogP contribution in [0.2, 0.25) is 0 Å². The van der Waals surface area contributed by atoms with E-state index in [4.69, 9.17) is 0 Å². The number of aryl methyl sites for hydroxylation is 1. The SMILES string of the molecule is CCn1ccnc(NC2CC2)c1=O. The fourth-order valence-corrected chi connectivity index (χ4v) is 1.22. The molecule has 70 valence electrons. The standard InChI is InChI=1S/C9H13N3O/c1-2-12-6-5-10-8(9(12)13)11-7-3-4-7/h5-7H,2-4H2,1H3,(H,10,11). The summed E-state index contributed by atoms with van der Waals surface area (Å²) in [7, 11) is 0. The summed E-state index contributed by atoms with van der Waals surface area (Å²) >= 11 is 0. The zero-order valence-electron chi connectivity index (χ0n) is 7.66. The Morgan fingerprint density at radius 2 is 2.46 bits per heavy atom. The molecule has 1 aromatic heterocycles. The lowest BCUT2D eigenvalue weighted by Gasteiger charge is -2.05. The third kappa shape index (κ3) is 1.71. The molecule has 1 aliphatic carbocycles. The molecule has 1 aliphatic rings. The number of anilines is 1. The Morgan fingerprint density at radius 1 is 1.69 bits per heavy atom. The summed E-state index contributed by atoms with van der Waals surface area (Å²) in [5.41, 5.74) is -0.0168. The molecular formula is C9H13N3O. The van der Waals surface area contributed by atoms with Gasteiger partial charge in [0.2, 0.25) is 0 Å². The predicted octanol–water partition coefficient (Wildman–Crippen LogP) is 0.837. The van der Waals surface area contributed by atoms with E-state index in [2.05, 4.69) is 10.3 Å². The molecule has 0 aliphatic heterocycles. The first kappa shape index (κ1) is 8.29. The van der Waals surface area contributed by atoms with Gasteiger partial charge in [0.15, 0.2) is 5.82 Å². The van der Waals surface area contributed by atoms with Gasteiger partial charge in [-0.2, -0.15) is 0 Å². The van der Waals surface area contributed by atoms with Crippen LogP contribution >= 0.6 is 0 Å². The second-order valence-electron chi connectivity index (χ2n) is 3.29. The van der Waals surface area contributed by atoms with Gasteiger partial charge in [-0.05, 0) is 19.8 Å². The van der Waals surface area contributed by atoms with Crippen LogP contribution in [0.15, 0.2) is 17.2 Å². The van der Waals surface area contributed by atoms with Crippen molar-refractivity contribution in [2.75, 3.05) is 5.32 Å². The highest BCUT2D eigenvalue weighted by atomic mass is 16.1. The molecule has 0 aromatic carbocycles. The first-order valence-electron chi connectivity index (χ1n) is 4.63. The number of hydrogen-bond acceptors (Lipinski definition) is 3. The van der Waals surface area contributed by atoms with E-state index in [1.807, 2.05) is 6.92 Å². The van der Waals surface area contributed by atoms with Gasteiger partial charge < -0.3 is 9.88 Å². The van der Waals surface area contributed by atoms with Gasteiger partial charge in [-0.15, -0.1) is 0 Å². The molecule has 0 saturated heterocycles. The van der Waals surface area contributed by atoms with Crippen LogP contribution in [-0.2, 0) is 6.54 Å². The van der Waals surface area contributed by atoms with Crippen LogP contribution in [-0.4, -0.2) is 15.6 Å². The monoisotopic (exact) mass is 179 g/mol. The maximum atomic E-state index is 11.6. The van der Waals surface area contributed by atoms with Crippen molar-refractivity contribution >= 4 is 5.82 Å². The lowest BCUT2D eigenvalue weighted by atomic mass is 10.5. The van der Waals surface area contributed by atoms with Crippen LogP contribution in [0.1, 0.15) is 19.8 Å². The third-order valence-corrected chi connectivity index (χ3v) is 2.17. The lowest BCUT2D eigenvalue weighted by Crippen LogP contribution is -2.24. The highest BCUT2D eigenvalue weighted by molar-refractivity contribution is 5.33. The van der Waals surface area contributed by atoms with E-state index in [0.717, 1.165) is 12.8 Å². The predicted molar refractivity (Wildman–Crippen MR) is 50.8 cm³/mol. The highest BCUT2D eigenvalue weighted by Crippen LogP contribution is 2.21. The average Bonchev–Trinajstić information content (AvgIpc) is 2.92. The number of hydrogen-bond donors (Lipinski definition) is 1. The van der Waals surface area contributed by atoms with Gasteiger partial charge in [0, 0.05) is 25.0 Å². The summed E-state index contributed by atoms with van der Waals surface area (Å²) in [6, 6.07) is 0.480. The van der Waals surface area contributed by atoms with Crippen LogP contribution in [0.4, 0.5) is 5.82 Å². The Hall–Kier alpha value is -1.32. The van der Waals surface area contributed by atoms with Crippen molar-refractivity contribution in [3.05, 3.63) is 22.7 Å². The molecular weight excluding hydrogens is 166 g/mol. The van der Waals surface area contributed by atoms with E-state index in [1.165, 1.54) is 0 Å². The van der Waals surface area contributed by atoms with Crippen molar-refractivity contribution in [1.82, 2.24) is 9.55 Å². The lowest BCUT2D eigenvalue weighted by molar-refractivity contribution is 0.718. The molecule has 0 amide bonds. The molecule has 0 unspecified atom stereocenters. The van der Waals surface area contributed by atoms with E-state index in [1.54, 1.807) is 17.0 Å². The molecule has 0 radical (unpaired) electrons. The Bertz CT molecular complexity index is 354. The van der Waals surface area contributed by atoms with E-state index in [0.29, 0.717) is 18.4 Å². The molecule has 1 N–H and O–H groups in total. The van der Waals surface area contributed by atoms with Crippen molar-refractivity contribution < 1.29 is 0 Å². The number of nitrogens with one attached hydrogen (secondary N) is 1. The second kappa shape index (κ2) is 3.20. The zero-order chi connectivity index (χ0) is 9.26. The normalized spacial score (nSPS) is 15.8. The van der Waals surface area contributed by atoms with Gasteiger partial charge in [-0.3, -0.25) is 4.79 Å². The molecule has 0 spiro atoms. The van der Waals surface area contributed by atoms with E-state index in [9.17, 15) is 4.79 Å². The van der Waals surface area contributed by atoms with Crippen molar-refractivity contribution in [2.24, 2.45) is 0 Å².